The van der Waals surface area contributed by atoms with E-state index in [2.05, 4.69) is 191 Å². The molecule has 0 aromatic heterocycles. The van der Waals surface area contributed by atoms with Gasteiger partial charge in [-0.3, -0.25) is 0 Å². The molecule has 0 amide bonds. The molecule has 0 heterocycles. The Morgan fingerprint density at radius 1 is 0.365 bits per heavy atom. The molecule has 0 nitrogen and oxygen atoms in total. The van der Waals surface area contributed by atoms with Crippen molar-refractivity contribution in [2.45, 2.75) is 39.0 Å². The minimum atomic E-state index is -0.0766. The lowest BCUT2D eigenvalue weighted by Crippen LogP contribution is -2.15. The van der Waals surface area contributed by atoms with E-state index in [0.29, 0.717) is 5.92 Å². The number of hydrogen-bond donors (Lipinski definition) is 0. The first kappa shape index (κ1) is 30.8. The highest BCUT2D eigenvalue weighted by molar-refractivity contribution is 6.02. The third-order valence-electron chi connectivity index (χ3n) is 11.7. The van der Waals surface area contributed by atoms with Gasteiger partial charge in [0.2, 0.25) is 0 Å². The molecule has 0 heteroatoms. The zero-order valence-electron chi connectivity index (χ0n) is 30.2. The van der Waals surface area contributed by atoms with Crippen molar-refractivity contribution < 1.29 is 0 Å². The van der Waals surface area contributed by atoms with E-state index in [1.807, 2.05) is 0 Å². The fraction of sp³-hybridized carbons (Fsp3) is 0.115. The van der Waals surface area contributed by atoms with E-state index in [9.17, 15) is 0 Å². The Labute approximate surface area is 306 Å². The molecule has 0 saturated heterocycles. The summed E-state index contributed by atoms with van der Waals surface area (Å²) in [5, 5.41) is 10.3. The van der Waals surface area contributed by atoms with Crippen LogP contribution in [0.3, 0.4) is 0 Å². The second-order valence-corrected chi connectivity index (χ2v) is 15.6. The van der Waals surface area contributed by atoms with Crippen molar-refractivity contribution in [3.63, 3.8) is 0 Å². The molecule has 0 saturated carbocycles. The summed E-state index contributed by atoms with van der Waals surface area (Å²) in [5.74, 6) is 0.419. The van der Waals surface area contributed by atoms with Gasteiger partial charge in [-0.25, -0.2) is 0 Å². The quantitative estimate of drug-likeness (QED) is 0.176. The highest BCUT2D eigenvalue weighted by atomic mass is 14.4. The van der Waals surface area contributed by atoms with Gasteiger partial charge in [0, 0.05) is 5.41 Å². The average molecular weight is 665 g/mol. The number of benzene rings is 9. The molecule has 0 bridgehead atoms. The number of rotatable bonds is 4. The summed E-state index contributed by atoms with van der Waals surface area (Å²) in [6.07, 6.45) is 0. The highest BCUT2D eigenvalue weighted by Crippen LogP contribution is 2.52. The van der Waals surface area contributed by atoms with Gasteiger partial charge in [-0.05, 0) is 153 Å². The van der Waals surface area contributed by atoms with E-state index in [4.69, 9.17) is 0 Å². The second-order valence-electron chi connectivity index (χ2n) is 15.6. The molecule has 10 rings (SSSR count). The summed E-state index contributed by atoms with van der Waals surface area (Å²) in [7, 11) is 0. The molecule has 1 aliphatic carbocycles. The van der Waals surface area contributed by atoms with Gasteiger partial charge in [-0.15, -0.1) is 0 Å². The van der Waals surface area contributed by atoms with Crippen molar-refractivity contribution >= 4 is 43.1 Å². The number of fused-ring (bicyclic) bond motifs is 8. The van der Waals surface area contributed by atoms with Crippen LogP contribution in [0.25, 0.3) is 87.6 Å². The van der Waals surface area contributed by atoms with Crippen LogP contribution in [0.4, 0.5) is 0 Å². The molecule has 0 aliphatic heterocycles. The van der Waals surface area contributed by atoms with Crippen molar-refractivity contribution in [3.8, 4) is 44.5 Å². The van der Waals surface area contributed by atoms with Gasteiger partial charge in [0.05, 0.1) is 0 Å². The smallest absolute Gasteiger partial charge is 0.0165 e. The zero-order chi connectivity index (χ0) is 35.1. The maximum absolute atomic E-state index is 2.42. The van der Waals surface area contributed by atoms with Gasteiger partial charge in [-0.1, -0.05) is 149 Å². The van der Waals surface area contributed by atoms with E-state index < -0.39 is 0 Å². The standard InChI is InChI=1S/C52H40/c1-32(2)44-27-45(41-18-17-39-24-38(15-16-40(39)25-41)37-14-13-33-9-5-6-10-34(33)23-37)29-46(28-44)42-19-21-47-43(26-42)20-22-48-49-30-35-11-7-8-12-36(35)31-50(49)52(3,4)51(47)48/h5-32H,1-4H3. The summed E-state index contributed by atoms with van der Waals surface area (Å²) in [4.78, 5) is 0. The van der Waals surface area contributed by atoms with Gasteiger partial charge in [0.1, 0.15) is 0 Å². The van der Waals surface area contributed by atoms with Gasteiger partial charge in [-0.2, -0.15) is 0 Å². The van der Waals surface area contributed by atoms with Crippen LogP contribution < -0.4 is 0 Å². The Bertz CT molecular complexity index is 2900. The van der Waals surface area contributed by atoms with Crippen LogP contribution in [0.15, 0.2) is 164 Å². The molecule has 0 spiro atoms. The lowest BCUT2D eigenvalue weighted by atomic mass is 9.79. The molecule has 0 atom stereocenters. The van der Waals surface area contributed by atoms with Crippen LogP contribution in [0, 0.1) is 0 Å². The molecule has 52 heavy (non-hydrogen) atoms. The molecule has 9 aromatic carbocycles. The molecular weight excluding hydrogens is 625 g/mol. The fourth-order valence-corrected chi connectivity index (χ4v) is 8.81. The monoisotopic (exact) mass is 664 g/mol. The van der Waals surface area contributed by atoms with Crippen LogP contribution >= 0.6 is 0 Å². The molecule has 0 radical (unpaired) electrons. The van der Waals surface area contributed by atoms with Crippen molar-refractivity contribution in [1.82, 2.24) is 0 Å². The Hall–Kier alpha value is -5.98. The van der Waals surface area contributed by atoms with Crippen LogP contribution in [0.5, 0.6) is 0 Å². The summed E-state index contributed by atoms with van der Waals surface area (Å²) >= 11 is 0. The van der Waals surface area contributed by atoms with Gasteiger partial charge >= 0.3 is 0 Å². The third-order valence-corrected chi connectivity index (χ3v) is 11.7. The maximum Gasteiger partial charge on any atom is 0.0165 e. The van der Waals surface area contributed by atoms with Gasteiger partial charge in [0.25, 0.3) is 0 Å². The SMILES string of the molecule is CC(C)c1cc(-c2ccc3cc(-c4ccc5ccccc5c4)ccc3c2)cc(-c2ccc3c4c(ccc3c2)-c2cc3ccccc3cc2C4(C)C)c1. The minimum Gasteiger partial charge on any atom is -0.0616 e. The second kappa shape index (κ2) is 11.5. The first-order valence-corrected chi connectivity index (χ1v) is 18.6. The minimum absolute atomic E-state index is 0.0766. The Morgan fingerprint density at radius 3 is 1.44 bits per heavy atom. The Kier molecular flexibility index (Phi) is 6.83. The maximum atomic E-state index is 2.42. The van der Waals surface area contributed by atoms with Crippen LogP contribution in [-0.4, -0.2) is 0 Å². The molecule has 1 aliphatic rings. The van der Waals surface area contributed by atoms with Crippen molar-refractivity contribution in [1.29, 1.82) is 0 Å². The molecule has 248 valence electrons. The van der Waals surface area contributed by atoms with Crippen LogP contribution in [-0.2, 0) is 5.41 Å². The third kappa shape index (κ3) is 4.89. The lowest BCUT2D eigenvalue weighted by Gasteiger charge is -2.23. The largest absolute Gasteiger partial charge is 0.0616 e. The zero-order valence-corrected chi connectivity index (χ0v) is 30.2. The normalized spacial score (nSPS) is 13.3. The number of hydrogen-bond acceptors (Lipinski definition) is 0. The first-order valence-electron chi connectivity index (χ1n) is 18.6. The molecular formula is C52H40. The predicted molar refractivity (Wildman–Crippen MR) is 224 cm³/mol. The molecule has 0 fully saturated rings. The summed E-state index contributed by atoms with van der Waals surface area (Å²) < 4.78 is 0. The molecule has 9 aromatic rings. The van der Waals surface area contributed by atoms with Gasteiger partial charge < -0.3 is 0 Å². The molecule has 0 N–H and O–H groups in total. The fourth-order valence-electron chi connectivity index (χ4n) is 8.81. The lowest BCUT2D eigenvalue weighted by molar-refractivity contribution is 0.667. The van der Waals surface area contributed by atoms with Crippen LogP contribution in [0.1, 0.15) is 50.3 Å². The van der Waals surface area contributed by atoms with E-state index in [1.165, 1.54) is 104 Å². The summed E-state index contributed by atoms with van der Waals surface area (Å²) in [6, 6.07) is 61.7. The Balaban J connectivity index is 1.03. The predicted octanol–water partition coefficient (Wildman–Crippen LogP) is 14.7. The van der Waals surface area contributed by atoms with E-state index >= 15 is 0 Å². The summed E-state index contributed by atoms with van der Waals surface area (Å²) in [6.45, 7) is 9.38. The first-order chi connectivity index (χ1) is 25.3. The Morgan fingerprint density at radius 2 is 0.827 bits per heavy atom. The van der Waals surface area contributed by atoms with E-state index in [0.717, 1.165) is 0 Å². The van der Waals surface area contributed by atoms with Crippen molar-refractivity contribution in [2.75, 3.05) is 0 Å². The van der Waals surface area contributed by atoms with Gasteiger partial charge in [0.15, 0.2) is 0 Å². The van der Waals surface area contributed by atoms with Crippen molar-refractivity contribution in [3.05, 3.63) is 180 Å². The van der Waals surface area contributed by atoms with E-state index in [-0.39, 0.29) is 5.41 Å². The summed E-state index contributed by atoms with van der Waals surface area (Å²) in [5.41, 5.74) is 14.4. The van der Waals surface area contributed by atoms with Crippen LogP contribution in [0.2, 0.25) is 0 Å². The van der Waals surface area contributed by atoms with E-state index in [1.54, 1.807) is 0 Å². The average Bonchev–Trinajstić information content (AvgIpc) is 3.41. The molecule has 0 unspecified atom stereocenters. The topological polar surface area (TPSA) is 0 Å². The van der Waals surface area contributed by atoms with Crippen molar-refractivity contribution in [2.24, 2.45) is 0 Å². The highest BCUT2D eigenvalue weighted by Gasteiger charge is 2.37.